The Kier molecular flexibility index (Phi) is 5.49. The highest BCUT2D eigenvalue weighted by Gasteiger charge is 2.10. The molecule has 0 unspecified atom stereocenters. The third kappa shape index (κ3) is 4.60. The molecule has 142 valence electrons. The van der Waals surface area contributed by atoms with Crippen LogP contribution >= 0.6 is 0 Å². The van der Waals surface area contributed by atoms with Gasteiger partial charge in [-0.15, -0.1) is 10.2 Å². The molecule has 0 bridgehead atoms. The lowest BCUT2D eigenvalue weighted by Gasteiger charge is -2.25. The van der Waals surface area contributed by atoms with Gasteiger partial charge in [-0.3, -0.25) is 5.01 Å². The van der Waals surface area contributed by atoms with Crippen LogP contribution in [-0.4, -0.2) is 14.9 Å². The molecule has 0 aliphatic rings. The molecule has 0 saturated carbocycles. The van der Waals surface area contributed by atoms with Crippen molar-refractivity contribution in [2.45, 2.75) is 13.2 Å². The zero-order valence-electron chi connectivity index (χ0n) is 15.7. The third-order valence-corrected chi connectivity index (χ3v) is 4.48. The number of aromatic nitrogens is 3. The molecule has 6 heteroatoms. The van der Waals surface area contributed by atoms with Crippen LogP contribution in [0.2, 0.25) is 0 Å². The normalized spacial score (nSPS) is 10.3. The lowest BCUT2D eigenvalue weighted by molar-refractivity contribution is 0.306. The van der Waals surface area contributed by atoms with E-state index in [1.54, 1.807) is 24.8 Å². The quantitative estimate of drug-likeness (QED) is 0.480. The van der Waals surface area contributed by atoms with Gasteiger partial charge in [0.1, 0.15) is 25.0 Å². The average Bonchev–Trinajstić information content (AvgIpc) is 3.32. The van der Waals surface area contributed by atoms with Crippen LogP contribution in [0.3, 0.4) is 0 Å². The predicted octanol–water partition coefficient (Wildman–Crippen LogP) is 4.20. The summed E-state index contributed by atoms with van der Waals surface area (Å²) in [4.78, 5) is 0. The van der Waals surface area contributed by atoms with E-state index in [-0.39, 0.29) is 0 Å². The lowest BCUT2D eigenvalue weighted by Crippen LogP contribution is -2.27. The molecule has 0 spiro atoms. The molecular weight excluding hydrogens is 362 g/mol. The van der Waals surface area contributed by atoms with Crippen LogP contribution in [0.1, 0.15) is 16.7 Å². The maximum Gasteiger partial charge on any atom is 0.139 e. The summed E-state index contributed by atoms with van der Waals surface area (Å²) in [5, 5.41) is 18.9. The number of benzene rings is 3. The van der Waals surface area contributed by atoms with E-state index < -0.39 is 0 Å². The average molecular weight is 381 g/mol. The Morgan fingerprint density at radius 3 is 2.17 bits per heavy atom. The maximum atomic E-state index is 9.03. The van der Waals surface area contributed by atoms with Crippen LogP contribution in [-0.2, 0) is 13.2 Å². The molecule has 4 aromatic rings. The number of hydrogen-bond donors (Lipinski definition) is 0. The number of nitrogens with zero attached hydrogens (tertiary/aromatic N) is 5. The largest absolute Gasteiger partial charge is 0.489 e. The summed E-state index contributed by atoms with van der Waals surface area (Å²) in [6.07, 6.45) is 3.30. The molecule has 1 aromatic heterocycles. The third-order valence-electron chi connectivity index (χ3n) is 4.48. The highest BCUT2D eigenvalue weighted by molar-refractivity contribution is 5.50. The molecule has 4 rings (SSSR count). The standard InChI is InChI=1S/C23H19N5O/c24-14-19-6-10-22(11-7-19)28(27-17-25-26-18-27)15-20-8-12-23(13-9-20)29-16-21-4-2-1-3-5-21/h1-13,17-18H,15-16H2. The fourth-order valence-electron chi connectivity index (χ4n) is 2.94. The summed E-state index contributed by atoms with van der Waals surface area (Å²) in [6, 6.07) is 27.7. The second-order valence-electron chi connectivity index (χ2n) is 6.48. The molecule has 29 heavy (non-hydrogen) atoms. The van der Waals surface area contributed by atoms with Gasteiger partial charge < -0.3 is 4.74 Å². The van der Waals surface area contributed by atoms with Crippen molar-refractivity contribution in [1.82, 2.24) is 14.9 Å². The van der Waals surface area contributed by atoms with E-state index in [0.29, 0.717) is 18.7 Å². The van der Waals surface area contributed by atoms with E-state index >= 15 is 0 Å². The molecule has 0 radical (unpaired) electrons. The van der Waals surface area contributed by atoms with Gasteiger partial charge in [0, 0.05) is 0 Å². The Hall–Kier alpha value is -4.11. The van der Waals surface area contributed by atoms with Crippen LogP contribution in [0.15, 0.2) is 91.5 Å². The Balaban J connectivity index is 1.48. The van der Waals surface area contributed by atoms with Crippen LogP contribution in [0.25, 0.3) is 0 Å². The molecule has 0 amide bonds. The first-order chi connectivity index (χ1) is 14.3. The van der Waals surface area contributed by atoms with Gasteiger partial charge in [-0.1, -0.05) is 42.5 Å². The van der Waals surface area contributed by atoms with Crippen molar-refractivity contribution in [2.24, 2.45) is 0 Å². The van der Waals surface area contributed by atoms with Gasteiger partial charge in [-0.05, 0) is 47.5 Å². The topological polar surface area (TPSA) is 67.0 Å². The Morgan fingerprint density at radius 2 is 1.52 bits per heavy atom. The van der Waals surface area contributed by atoms with Crippen LogP contribution in [0.4, 0.5) is 5.69 Å². The molecule has 6 nitrogen and oxygen atoms in total. The van der Waals surface area contributed by atoms with Crippen molar-refractivity contribution >= 4 is 5.69 Å². The maximum absolute atomic E-state index is 9.03. The van der Waals surface area contributed by atoms with Crippen molar-refractivity contribution in [2.75, 3.05) is 5.01 Å². The minimum atomic E-state index is 0.540. The summed E-state index contributed by atoms with van der Waals surface area (Å²) in [7, 11) is 0. The second kappa shape index (κ2) is 8.72. The predicted molar refractivity (Wildman–Crippen MR) is 110 cm³/mol. The smallest absolute Gasteiger partial charge is 0.139 e. The van der Waals surface area contributed by atoms with Crippen molar-refractivity contribution in [3.05, 3.63) is 108 Å². The van der Waals surface area contributed by atoms with Crippen molar-refractivity contribution < 1.29 is 4.74 Å². The molecule has 3 aromatic carbocycles. The zero-order valence-corrected chi connectivity index (χ0v) is 15.7. The number of rotatable bonds is 7. The molecule has 0 fully saturated rings. The summed E-state index contributed by atoms with van der Waals surface area (Å²) in [5.74, 6) is 0.826. The first-order valence-corrected chi connectivity index (χ1v) is 9.20. The van der Waals surface area contributed by atoms with E-state index in [0.717, 1.165) is 22.6 Å². The zero-order chi connectivity index (χ0) is 19.9. The molecule has 0 aliphatic heterocycles. The van der Waals surface area contributed by atoms with E-state index in [1.165, 1.54) is 0 Å². The van der Waals surface area contributed by atoms with E-state index in [2.05, 4.69) is 16.3 Å². The van der Waals surface area contributed by atoms with Crippen molar-refractivity contribution in [3.63, 3.8) is 0 Å². The summed E-state index contributed by atoms with van der Waals surface area (Å²) in [5.41, 5.74) is 3.80. The summed E-state index contributed by atoms with van der Waals surface area (Å²) >= 11 is 0. The van der Waals surface area contributed by atoms with Gasteiger partial charge in [0.2, 0.25) is 0 Å². The van der Waals surface area contributed by atoms with E-state index in [9.17, 15) is 0 Å². The van der Waals surface area contributed by atoms with E-state index in [1.807, 2.05) is 76.4 Å². The summed E-state index contributed by atoms with van der Waals surface area (Å²) in [6.45, 7) is 1.15. The second-order valence-corrected chi connectivity index (χ2v) is 6.48. The first-order valence-electron chi connectivity index (χ1n) is 9.20. The van der Waals surface area contributed by atoms with Crippen molar-refractivity contribution in [1.29, 1.82) is 5.26 Å². The minimum absolute atomic E-state index is 0.540. The summed E-state index contributed by atoms with van der Waals surface area (Å²) < 4.78 is 7.69. The van der Waals surface area contributed by atoms with Gasteiger partial charge >= 0.3 is 0 Å². The Labute approximate surface area is 169 Å². The molecule has 0 N–H and O–H groups in total. The molecular formula is C23H19N5O. The van der Waals surface area contributed by atoms with E-state index in [4.69, 9.17) is 10.00 Å². The van der Waals surface area contributed by atoms with Crippen LogP contribution in [0, 0.1) is 11.3 Å². The highest BCUT2D eigenvalue weighted by atomic mass is 16.5. The highest BCUT2D eigenvalue weighted by Crippen LogP contribution is 2.21. The molecule has 0 saturated heterocycles. The fraction of sp³-hybridized carbons (Fsp3) is 0.0870. The monoisotopic (exact) mass is 381 g/mol. The number of ether oxygens (including phenoxy) is 1. The Bertz CT molecular complexity index is 1070. The fourth-order valence-corrected chi connectivity index (χ4v) is 2.94. The number of anilines is 1. The van der Waals surface area contributed by atoms with Crippen LogP contribution < -0.4 is 9.75 Å². The molecule has 0 aliphatic carbocycles. The SMILES string of the molecule is N#Cc1ccc(N(Cc2ccc(OCc3ccccc3)cc2)n2cnnc2)cc1. The molecule has 0 atom stereocenters. The van der Waals surface area contributed by atoms with Gasteiger partial charge in [-0.2, -0.15) is 5.26 Å². The van der Waals surface area contributed by atoms with Crippen LogP contribution in [0.5, 0.6) is 5.75 Å². The number of hydrogen-bond acceptors (Lipinski definition) is 5. The van der Waals surface area contributed by atoms with Gasteiger partial charge in [0.05, 0.1) is 23.9 Å². The van der Waals surface area contributed by atoms with Gasteiger partial charge in [0.15, 0.2) is 0 Å². The molecule has 1 heterocycles. The van der Waals surface area contributed by atoms with Crippen molar-refractivity contribution in [3.8, 4) is 11.8 Å². The van der Waals surface area contributed by atoms with Gasteiger partial charge in [0.25, 0.3) is 0 Å². The lowest BCUT2D eigenvalue weighted by atomic mass is 10.2. The first kappa shape index (κ1) is 18.3. The Morgan fingerprint density at radius 1 is 0.828 bits per heavy atom. The van der Waals surface area contributed by atoms with Gasteiger partial charge in [-0.25, -0.2) is 4.68 Å². The minimum Gasteiger partial charge on any atom is -0.489 e. The number of nitriles is 1.